The van der Waals surface area contributed by atoms with E-state index in [2.05, 4.69) is 14.5 Å². The Morgan fingerprint density at radius 2 is 2.10 bits per heavy atom. The predicted octanol–water partition coefficient (Wildman–Crippen LogP) is 4.45. The van der Waals surface area contributed by atoms with Crippen LogP contribution in [0.5, 0.6) is 0 Å². The zero-order chi connectivity index (χ0) is 13.9. The second kappa shape index (κ2) is 6.31. The summed E-state index contributed by atoms with van der Waals surface area (Å²) in [5.41, 5.74) is 1.82. The van der Waals surface area contributed by atoms with Gasteiger partial charge in [0.15, 0.2) is 5.65 Å². The van der Waals surface area contributed by atoms with Crippen molar-refractivity contribution in [2.24, 2.45) is 5.92 Å². The van der Waals surface area contributed by atoms with Crippen molar-refractivity contribution >= 4 is 34.4 Å². The fourth-order valence-corrected chi connectivity index (χ4v) is 3.48. The van der Waals surface area contributed by atoms with Crippen LogP contribution in [-0.4, -0.2) is 20.4 Å². The molecule has 1 saturated carbocycles. The third-order valence-corrected chi connectivity index (χ3v) is 4.58. The zero-order valence-electron chi connectivity index (χ0n) is 11.5. The highest BCUT2D eigenvalue weighted by molar-refractivity contribution is 6.31. The number of alkyl halides is 1. The number of imidazole rings is 1. The van der Waals surface area contributed by atoms with Gasteiger partial charge in [-0.15, -0.1) is 11.6 Å². The summed E-state index contributed by atoms with van der Waals surface area (Å²) >= 11 is 11.9. The summed E-state index contributed by atoms with van der Waals surface area (Å²) in [6.45, 7) is 0.988. The summed E-state index contributed by atoms with van der Waals surface area (Å²) in [4.78, 5) is 9.09. The highest BCUT2D eigenvalue weighted by Gasteiger charge is 2.17. The monoisotopic (exact) mass is 311 g/mol. The number of rotatable bonds is 5. The van der Waals surface area contributed by atoms with E-state index in [4.69, 9.17) is 23.2 Å². The number of aromatic nitrogens is 3. The second-order valence-corrected chi connectivity index (χ2v) is 6.37. The molecule has 0 atom stereocenters. The Balaban J connectivity index is 1.87. The molecule has 20 heavy (non-hydrogen) atoms. The highest BCUT2D eigenvalue weighted by Crippen LogP contribution is 2.29. The first-order chi connectivity index (χ1) is 9.78. The van der Waals surface area contributed by atoms with E-state index in [1.165, 1.54) is 32.1 Å². The molecule has 108 valence electrons. The Morgan fingerprint density at radius 1 is 1.30 bits per heavy atom. The summed E-state index contributed by atoms with van der Waals surface area (Å²) in [5, 5.41) is 0.635. The molecule has 1 aliphatic rings. The Kier molecular flexibility index (Phi) is 4.47. The fourth-order valence-electron chi connectivity index (χ4n) is 3.15. The van der Waals surface area contributed by atoms with Crippen LogP contribution in [0, 0.1) is 5.92 Å². The molecule has 2 heterocycles. The Labute approximate surface area is 129 Å². The summed E-state index contributed by atoms with van der Waals surface area (Å²) in [6.07, 6.45) is 9.20. The number of pyridine rings is 1. The van der Waals surface area contributed by atoms with E-state index in [9.17, 15) is 0 Å². The van der Waals surface area contributed by atoms with Gasteiger partial charge in [0.2, 0.25) is 0 Å². The van der Waals surface area contributed by atoms with E-state index in [1.54, 1.807) is 6.20 Å². The first-order valence-electron chi connectivity index (χ1n) is 7.34. The van der Waals surface area contributed by atoms with Crippen molar-refractivity contribution in [2.75, 3.05) is 5.88 Å². The SMILES string of the molecule is ClCCc1nc2cc(Cl)cnc2n1CCC1CCCC1. The normalized spacial score (nSPS) is 16.3. The Bertz CT molecular complexity index is 588. The minimum absolute atomic E-state index is 0.584. The van der Waals surface area contributed by atoms with Crippen molar-refractivity contribution in [3.63, 3.8) is 0 Å². The predicted molar refractivity (Wildman–Crippen MR) is 83.5 cm³/mol. The number of aryl methyl sites for hydroxylation is 2. The van der Waals surface area contributed by atoms with Crippen LogP contribution in [0.2, 0.25) is 5.02 Å². The van der Waals surface area contributed by atoms with E-state index in [0.717, 1.165) is 35.9 Å². The molecule has 3 nitrogen and oxygen atoms in total. The highest BCUT2D eigenvalue weighted by atomic mass is 35.5. The molecule has 2 aromatic heterocycles. The standard InChI is InChI=1S/C15H19Cl2N3/c16-7-5-14-19-13-9-12(17)10-18-15(13)20(14)8-6-11-3-1-2-4-11/h9-11H,1-8H2. The molecule has 0 aromatic carbocycles. The fraction of sp³-hybridized carbons (Fsp3) is 0.600. The zero-order valence-corrected chi connectivity index (χ0v) is 13.0. The van der Waals surface area contributed by atoms with Crippen LogP contribution in [0.15, 0.2) is 12.3 Å². The van der Waals surface area contributed by atoms with E-state index >= 15 is 0 Å². The summed E-state index contributed by atoms with van der Waals surface area (Å²) < 4.78 is 2.23. The summed E-state index contributed by atoms with van der Waals surface area (Å²) in [6, 6.07) is 1.88. The topological polar surface area (TPSA) is 30.7 Å². The first kappa shape index (κ1) is 14.2. The summed E-state index contributed by atoms with van der Waals surface area (Å²) in [7, 11) is 0. The first-order valence-corrected chi connectivity index (χ1v) is 8.26. The van der Waals surface area contributed by atoms with Crippen LogP contribution in [0.1, 0.15) is 37.9 Å². The molecule has 0 saturated heterocycles. The van der Waals surface area contributed by atoms with Gasteiger partial charge in [-0.05, 0) is 18.4 Å². The van der Waals surface area contributed by atoms with E-state index < -0.39 is 0 Å². The molecule has 3 rings (SSSR count). The lowest BCUT2D eigenvalue weighted by Crippen LogP contribution is -2.08. The molecule has 0 amide bonds. The molecule has 0 spiro atoms. The molecule has 0 N–H and O–H groups in total. The second-order valence-electron chi connectivity index (χ2n) is 5.55. The Morgan fingerprint density at radius 3 is 2.85 bits per heavy atom. The van der Waals surface area contributed by atoms with Crippen LogP contribution >= 0.6 is 23.2 Å². The third kappa shape index (κ3) is 2.94. The van der Waals surface area contributed by atoms with Gasteiger partial charge in [-0.3, -0.25) is 0 Å². The van der Waals surface area contributed by atoms with Crippen LogP contribution in [0.3, 0.4) is 0 Å². The van der Waals surface area contributed by atoms with Crippen LogP contribution in [0.4, 0.5) is 0 Å². The minimum Gasteiger partial charge on any atom is -0.313 e. The number of nitrogens with zero attached hydrogens (tertiary/aromatic N) is 3. The van der Waals surface area contributed by atoms with Crippen LogP contribution in [-0.2, 0) is 13.0 Å². The van der Waals surface area contributed by atoms with E-state index in [1.807, 2.05) is 6.07 Å². The maximum Gasteiger partial charge on any atom is 0.160 e. The van der Waals surface area contributed by atoms with Gasteiger partial charge in [0.1, 0.15) is 11.3 Å². The van der Waals surface area contributed by atoms with Crippen molar-refractivity contribution in [2.45, 2.75) is 45.1 Å². The minimum atomic E-state index is 0.584. The number of halogens is 2. The van der Waals surface area contributed by atoms with Gasteiger partial charge in [-0.1, -0.05) is 37.3 Å². The smallest absolute Gasteiger partial charge is 0.160 e. The number of hydrogen-bond acceptors (Lipinski definition) is 2. The van der Waals surface area contributed by atoms with Gasteiger partial charge in [0.05, 0.1) is 5.02 Å². The molecule has 1 aliphatic carbocycles. The molecule has 5 heteroatoms. The van der Waals surface area contributed by atoms with E-state index in [-0.39, 0.29) is 0 Å². The summed E-state index contributed by atoms with van der Waals surface area (Å²) in [5.74, 6) is 2.48. The lowest BCUT2D eigenvalue weighted by atomic mass is 10.0. The lowest BCUT2D eigenvalue weighted by Gasteiger charge is -2.12. The van der Waals surface area contributed by atoms with Gasteiger partial charge in [0, 0.05) is 25.0 Å². The molecule has 1 fully saturated rings. The van der Waals surface area contributed by atoms with Gasteiger partial charge in [0.25, 0.3) is 0 Å². The van der Waals surface area contributed by atoms with Gasteiger partial charge in [-0.2, -0.15) is 0 Å². The maximum atomic E-state index is 6.00. The molecule has 0 bridgehead atoms. The van der Waals surface area contributed by atoms with Crippen molar-refractivity contribution in [1.29, 1.82) is 0 Å². The average molecular weight is 312 g/mol. The van der Waals surface area contributed by atoms with Gasteiger partial charge in [-0.25, -0.2) is 9.97 Å². The molecular weight excluding hydrogens is 293 g/mol. The third-order valence-electron chi connectivity index (χ3n) is 4.18. The van der Waals surface area contributed by atoms with Crippen molar-refractivity contribution in [3.05, 3.63) is 23.1 Å². The van der Waals surface area contributed by atoms with Gasteiger partial charge < -0.3 is 4.57 Å². The molecule has 0 unspecified atom stereocenters. The van der Waals surface area contributed by atoms with Crippen molar-refractivity contribution < 1.29 is 0 Å². The largest absolute Gasteiger partial charge is 0.313 e. The number of fused-ring (bicyclic) bond motifs is 1. The average Bonchev–Trinajstić information content (AvgIpc) is 3.04. The molecule has 0 aliphatic heterocycles. The van der Waals surface area contributed by atoms with E-state index in [0.29, 0.717) is 10.9 Å². The number of hydrogen-bond donors (Lipinski definition) is 0. The molecule has 2 aromatic rings. The molecule has 0 radical (unpaired) electrons. The van der Waals surface area contributed by atoms with Crippen molar-refractivity contribution in [3.8, 4) is 0 Å². The lowest BCUT2D eigenvalue weighted by molar-refractivity contribution is 0.456. The maximum absolute atomic E-state index is 6.00. The Hall–Kier alpha value is -0.800. The van der Waals surface area contributed by atoms with Gasteiger partial charge >= 0.3 is 0 Å². The van der Waals surface area contributed by atoms with Crippen LogP contribution in [0.25, 0.3) is 11.2 Å². The molecular formula is C15H19Cl2N3. The quantitative estimate of drug-likeness (QED) is 0.764. The van der Waals surface area contributed by atoms with Crippen molar-refractivity contribution in [1.82, 2.24) is 14.5 Å². The van der Waals surface area contributed by atoms with Crippen LogP contribution < -0.4 is 0 Å².